The maximum atomic E-state index is 2.38. The number of imidazole rings is 1. The van der Waals surface area contributed by atoms with Crippen LogP contribution in [0.3, 0.4) is 0 Å². The fourth-order valence-electron chi connectivity index (χ4n) is 2.18. The van der Waals surface area contributed by atoms with Crippen LogP contribution >= 0.6 is 0 Å². The summed E-state index contributed by atoms with van der Waals surface area (Å²) < 4.78 is 4.72. The zero-order valence-corrected chi connectivity index (χ0v) is 11.4. The summed E-state index contributed by atoms with van der Waals surface area (Å²) in [6.45, 7) is 10.1. The van der Waals surface area contributed by atoms with Gasteiger partial charge in [0.1, 0.15) is 12.4 Å². The average Bonchev–Trinajstić information content (AvgIpc) is 2.60. The van der Waals surface area contributed by atoms with Crippen LogP contribution in [-0.2, 0) is 6.54 Å². The number of hydrogen-bond donors (Lipinski definition) is 0. The van der Waals surface area contributed by atoms with Gasteiger partial charge in [-0.2, -0.15) is 0 Å². The van der Waals surface area contributed by atoms with Crippen LogP contribution in [0.5, 0.6) is 0 Å². The highest BCUT2D eigenvalue weighted by atomic mass is 15.2. The summed E-state index contributed by atoms with van der Waals surface area (Å²) >= 11 is 0. The molecule has 0 unspecified atom stereocenters. The SMILES string of the molecule is CCCCCCC[n+]1ccn(C(C)C)c1C. The van der Waals surface area contributed by atoms with E-state index in [1.54, 1.807) is 0 Å². The third-order valence-corrected chi connectivity index (χ3v) is 3.26. The fourth-order valence-corrected chi connectivity index (χ4v) is 2.18. The molecule has 16 heavy (non-hydrogen) atoms. The van der Waals surface area contributed by atoms with Gasteiger partial charge >= 0.3 is 0 Å². The molecule has 0 aliphatic rings. The molecule has 0 fully saturated rings. The van der Waals surface area contributed by atoms with Gasteiger partial charge in [0.15, 0.2) is 0 Å². The van der Waals surface area contributed by atoms with Crippen molar-refractivity contribution in [1.29, 1.82) is 0 Å². The standard InChI is InChI=1S/C14H27N2/c1-5-6-7-8-9-10-15-11-12-16(13(2)3)14(15)4/h11-13H,5-10H2,1-4H3/q+1. The van der Waals surface area contributed by atoms with Crippen LogP contribution < -0.4 is 4.57 Å². The molecule has 92 valence electrons. The summed E-state index contributed by atoms with van der Waals surface area (Å²) in [6.07, 6.45) is 11.2. The first-order chi connectivity index (χ1) is 7.66. The molecule has 2 heteroatoms. The second kappa shape index (κ2) is 6.72. The summed E-state index contributed by atoms with van der Waals surface area (Å²) in [6, 6.07) is 0.571. The second-order valence-corrected chi connectivity index (χ2v) is 4.95. The van der Waals surface area contributed by atoms with Crippen LogP contribution in [0.25, 0.3) is 0 Å². The second-order valence-electron chi connectivity index (χ2n) is 4.95. The highest BCUT2D eigenvalue weighted by Gasteiger charge is 2.13. The van der Waals surface area contributed by atoms with Crippen LogP contribution in [0.4, 0.5) is 0 Å². The van der Waals surface area contributed by atoms with Crippen molar-refractivity contribution in [2.45, 2.75) is 72.4 Å². The van der Waals surface area contributed by atoms with Crippen LogP contribution in [0.15, 0.2) is 12.4 Å². The predicted octanol–water partition coefficient (Wildman–Crippen LogP) is 3.64. The van der Waals surface area contributed by atoms with E-state index in [0.29, 0.717) is 6.04 Å². The van der Waals surface area contributed by atoms with Crippen molar-refractivity contribution >= 4 is 0 Å². The molecule has 0 N–H and O–H groups in total. The van der Waals surface area contributed by atoms with Crippen molar-refractivity contribution in [2.75, 3.05) is 0 Å². The van der Waals surface area contributed by atoms with Gasteiger partial charge in [0.2, 0.25) is 0 Å². The third kappa shape index (κ3) is 3.66. The molecule has 0 spiro atoms. The van der Waals surface area contributed by atoms with E-state index in [2.05, 4.69) is 49.2 Å². The number of unbranched alkanes of at least 4 members (excludes halogenated alkanes) is 4. The normalized spacial score (nSPS) is 11.3. The molecule has 0 amide bonds. The molecule has 1 aromatic rings. The van der Waals surface area contributed by atoms with E-state index in [9.17, 15) is 0 Å². The smallest absolute Gasteiger partial charge is 0.234 e. The minimum Gasteiger partial charge on any atom is -0.234 e. The molecular weight excluding hydrogens is 196 g/mol. The summed E-state index contributed by atoms with van der Waals surface area (Å²) in [7, 11) is 0. The first-order valence-electron chi connectivity index (χ1n) is 6.73. The van der Waals surface area contributed by atoms with Crippen LogP contribution in [0.2, 0.25) is 0 Å². The molecule has 1 aromatic heterocycles. The quantitative estimate of drug-likeness (QED) is 0.493. The van der Waals surface area contributed by atoms with Crippen LogP contribution in [0.1, 0.15) is 64.7 Å². The lowest BCUT2D eigenvalue weighted by molar-refractivity contribution is -0.703. The van der Waals surface area contributed by atoms with Crippen molar-refractivity contribution in [3.05, 3.63) is 18.2 Å². The number of rotatable bonds is 7. The highest BCUT2D eigenvalue weighted by Crippen LogP contribution is 2.07. The van der Waals surface area contributed by atoms with Gasteiger partial charge in [-0.3, -0.25) is 0 Å². The fraction of sp³-hybridized carbons (Fsp3) is 0.786. The van der Waals surface area contributed by atoms with E-state index in [1.807, 2.05) is 0 Å². The van der Waals surface area contributed by atoms with Crippen LogP contribution in [-0.4, -0.2) is 4.57 Å². The molecule has 0 radical (unpaired) electrons. The van der Waals surface area contributed by atoms with E-state index in [4.69, 9.17) is 0 Å². The zero-order chi connectivity index (χ0) is 12.0. The average molecular weight is 223 g/mol. The minimum absolute atomic E-state index is 0.571. The Balaban J connectivity index is 2.37. The highest BCUT2D eigenvalue weighted by molar-refractivity contribution is 4.82. The van der Waals surface area contributed by atoms with Crippen molar-refractivity contribution < 1.29 is 4.57 Å². The summed E-state index contributed by atoms with van der Waals surface area (Å²) in [5, 5.41) is 0. The first kappa shape index (κ1) is 13.3. The Morgan fingerprint density at radius 1 is 1.19 bits per heavy atom. The largest absolute Gasteiger partial charge is 0.253 e. The van der Waals surface area contributed by atoms with Gasteiger partial charge < -0.3 is 0 Å². The number of aromatic nitrogens is 2. The van der Waals surface area contributed by atoms with E-state index in [1.165, 1.54) is 44.5 Å². The Morgan fingerprint density at radius 3 is 2.44 bits per heavy atom. The van der Waals surface area contributed by atoms with E-state index >= 15 is 0 Å². The van der Waals surface area contributed by atoms with Gasteiger partial charge in [0.05, 0.1) is 12.6 Å². The zero-order valence-electron chi connectivity index (χ0n) is 11.4. The van der Waals surface area contributed by atoms with Gasteiger partial charge in [-0.15, -0.1) is 0 Å². The molecule has 0 saturated carbocycles. The molecule has 0 aliphatic carbocycles. The molecule has 0 saturated heterocycles. The van der Waals surface area contributed by atoms with E-state index in [0.717, 1.165) is 0 Å². The number of aryl methyl sites for hydroxylation is 1. The molecule has 0 aromatic carbocycles. The third-order valence-electron chi connectivity index (χ3n) is 3.26. The van der Waals surface area contributed by atoms with E-state index in [-0.39, 0.29) is 0 Å². The molecule has 1 rings (SSSR count). The summed E-state index contributed by atoms with van der Waals surface area (Å²) in [5.41, 5.74) is 0. The van der Waals surface area contributed by atoms with Gasteiger partial charge in [-0.1, -0.05) is 26.2 Å². The molecule has 0 atom stereocenters. The first-order valence-corrected chi connectivity index (χ1v) is 6.73. The number of nitrogens with zero attached hydrogens (tertiary/aromatic N) is 2. The monoisotopic (exact) mass is 223 g/mol. The molecule has 2 nitrogen and oxygen atoms in total. The van der Waals surface area contributed by atoms with Gasteiger partial charge in [-0.25, -0.2) is 9.13 Å². The van der Waals surface area contributed by atoms with Crippen molar-refractivity contribution in [3.8, 4) is 0 Å². The van der Waals surface area contributed by atoms with Gasteiger partial charge in [0, 0.05) is 6.92 Å². The van der Waals surface area contributed by atoms with Crippen LogP contribution in [0, 0.1) is 6.92 Å². The van der Waals surface area contributed by atoms with Crippen molar-refractivity contribution in [2.24, 2.45) is 0 Å². The molecule has 0 bridgehead atoms. The summed E-state index contributed by atoms with van der Waals surface area (Å²) in [4.78, 5) is 0. The maximum absolute atomic E-state index is 2.38. The lowest BCUT2D eigenvalue weighted by Crippen LogP contribution is -2.35. The molecule has 1 heterocycles. The Morgan fingerprint density at radius 2 is 1.88 bits per heavy atom. The van der Waals surface area contributed by atoms with Crippen molar-refractivity contribution in [3.63, 3.8) is 0 Å². The topological polar surface area (TPSA) is 8.81 Å². The Labute approximate surface area is 100 Å². The number of hydrogen-bond acceptors (Lipinski definition) is 0. The molecular formula is C14H27N2+. The Bertz CT molecular complexity index is 300. The summed E-state index contributed by atoms with van der Waals surface area (Å²) in [5.74, 6) is 1.38. The molecule has 0 aliphatic heterocycles. The maximum Gasteiger partial charge on any atom is 0.253 e. The Hall–Kier alpha value is -0.790. The lowest BCUT2D eigenvalue weighted by atomic mass is 10.1. The minimum atomic E-state index is 0.571. The predicted molar refractivity (Wildman–Crippen MR) is 68.5 cm³/mol. The van der Waals surface area contributed by atoms with Crippen molar-refractivity contribution in [1.82, 2.24) is 4.57 Å². The Kier molecular flexibility index (Phi) is 5.58. The van der Waals surface area contributed by atoms with Gasteiger partial charge in [-0.05, 0) is 26.7 Å². The van der Waals surface area contributed by atoms with Gasteiger partial charge in [0.25, 0.3) is 5.82 Å². The van der Waals surface area contributed by atoms with E-state index < -0.39 is 0 Å². The lowest BCUT2D eigenvalue weighted by Gasteiger charge is -2.03.